The third kappa shape index (κ3) is 4.38. The van der Waals surface area contributed by atoms with Crippen LogP contribution in [0.5, 0.6) is 0 Å². The Morgan fingerprint density at radius 2 is 2.05 bits per heavy atom. The van der Waals surface area contributed by atoms with Gasteiger partial charge in [0, 0.05) is 45.0 Å². The van der Waals surface area contributed by atoms with Crippen molar-refractivity contribution in [3.05, 3.63) is 18.0 Å². The van der Waals surface area contributed by atoms with Gasteiger partial charge in [-0.25, -0.2) is 9.97 Å². The summed E-state index contributed by atoms with van der Waals surface area (Å²) in [6.07, 6.45) is 1.62. The molecule has 0 amide bonds. The van der Waals surface area contributed by atoms with Crippen LogP contribution in [0.4, 0.5) is 5.95 Å². The topological polar surface area (TPSA) is 68.1 Å². The van der Waals surface area contributed by atoms with Crippen LogP contribution < -0.4 is 5.32 Å². The quantitative estimate of drug-likeness (QED) is 0.873. The molecule has 21 heavy (non-hydrogen) atoms. The molecule has 0 bridgehead atoms. The van der Waals surface area contributed by atoms with Crippen LogP contribution in [0, 0.1) is 17.2 Å². The van der Waals surface area contributed by atoms with Gasteiger partial charge < -0.3 is 10.2 Å². The van der Waals surface area contributed by atoms with E-state index in [1.54, 1.807) is 12.3 Å². The van der Waals surface area contributed by atoms with Crippen LogP contribution in [0.3, 0.4) is 0 Å². The Balaban J connectivity index is 1.95. The zero-order valence-electron chi connectivity index (χ0n) is 13.1. The van der Waals surface area contributed by atoms with Gasteiger partial charge in [-0.3, -0.25) is 4.90 Å². The molecule has 6 nitrogen and oxygen atoms in total. The Hall–Kier alpha value is -1.71. The average molecular weight is 288 g/mol. The van der Waals surface area contributed by atoms with Crippen LogP contribution in [0.2, 0.25) is 0 Å². The third-order valence-electron chi connectivity index (χ3n) is 4.02. The van der Waals surface area contributed by atoms with Gasteiger partial charge in [0.15, 0.2) is 0 Å². The predicted octanol–water partition coefficient (Wildman–Crippen LogP) is 1.03. The fraction of sp³-hybridized carbons (Fsp3) is 0.667. The van der Waals surface area contributed by atoms with Gasteiger partial charge in [-0.05, 0) is 19.0 Å². The molecule has 1 N–H and O–H groups in total. The van der Waals surface area contributed by atoms with Gasteiger partial charge in [-0.1, -0.05) is 13.8 Å². The number of aromatic nitrogens is 2. The molecule has 1 atom stereocenters. The Kier molecular flexibility index (Phi) is 5.48. The van der Waals surface area contributed by atoms with Gasteiger partial charge in [0.2, 0.25) is 5.95 Å². The van der Waals surface area contributed by atoms with Gasteiger partial charge in [-0.2, -0.15) is 5.26 Å². The number of nitriles is 1. The lowest BCUT2D eigenvalue weighted by atomic mass is 10.0. The molecule has 0 spiro atoms. The van der Waals surface area contributed by atoms with Crippen LogP contribution in [-0.4, -0.2) is 65.6 Å². The van der Waals surface area contributed by atoms with E-state index < -0.39 is 0 Å². The average Bonchev–Trinajstić information content (AvgIpc) is 2.49. The molecule has 1 saturated heterocycles. The molecule has 114 valence electrons. The molecule has 2 rings (SSSR count). The fourth-order valence-corrected chi connectivity index (χ4v) is 2.64. The zero-order valence-corrected chi connectivity index (χ0v) is 13.1. The van der Waals surface area contributed by atoms with E-state index in [1.165, 1.54) is 0 Å². The summed E-state index contributed by atoms with van der Waals surface area (Å²) in [7, 11) is 2.17. The zero-order chi connectivity index (χ0) is 15.2. The Bertz CT molecular complexity index is 487. The van der Waals surface area contributed by atoms with E-state index in [9.17, 15) is 0 Å². The second kappa shape index (κ2) is 7.34. The molecule has 1 aliphatic rings. The van der Waals surface area contributed by atoms with E-state index in [-0.39, 0.29) is 0 Å². The van der Waals surface area contributed by atoms with Gasteiger partial charge in [0.25, 0.3) is 0 Å². The summed E-state index contributed by atoms with van der Waals surface area (Å²) in [6, 6.07) is 4.11. The van der Waals surface area contributed by atoms with Crippen LogP contribution >= 0.6 is 0 Å². The van der Waals surface area contributed by atoms with Crippen LogP contribution in [0.15, 0.2) is 12.3 Å². The number of nitrogens with zero attached hydrogens (tertiary/aromatic N) is 5. The smallest absolute Gasteiger partial charge is 0.223 e. The maximum atomic E-state index is 8.88. The van der Waals surface area contributed by atoms with E-state index in [1.807, 2.05) is 6.07 Å². The van der Waals surface area contributed by atoms with E-state index in [4.69, 9.17) is 5.26 Å². The van der Waals surface area contributed by atoms with Crippen molar-refractivity contribution in [1.29, 1.82) is 5.26 Å². The van der Waals surface area contributed by atoms with Gasteiger partial charge >= 0.3 is 0 Å². The van der Waals surface area contributed by atoms with Crippen molar-refractivity contribution >= 4 is 5.95 Å². The van der Waals surface area contributed by atoms with Gasteiger partial charge in [0.1, 0.15) is 11.8 Å². The summed E-state index contributed by atoms with van der Waals surface area (Å²) in [5.74, 6) is 1.09. The standard InChI is InChI=1S/C15H24N6/c1-12(2)14(21-8-6-20(3)7-9-21)11-18-15-17-5-4-13(10-16)19-15/h4-5,12,14H,6-9,11H2,1-3H3,(H,17,18,19). The van der Waals surface area contributed by atoms with E-state index in [0.717, 1.165) is 32.7 Å². The third-order valence-corrected chi connectivity index (χ3v) is 4.02. The first-order chi connectivity index (χ1) is 10.1. The van der Waals surface area contributed by atoms with Crippen molar-refractivity contribution in [2.75, 3.05) is 45.1 Å². The Morgan fingerprint density at radius 1 is 1.33 bits per heavy atom. The first-order valence-electron chi connectivity index (χ1n) is 7.49. The molecular formula is C15H24N6. The molecule has 0 radical (unpaired) electrons. The van der Waals surface area contributed by atoms with Crippen LogP contribution in [0.25, 0.3) is 0 Å². The summed E-state index contributed by atoms with van der Waals surface area (Å²) in [4.78, 5) is 13.2. The maximum Gasteiger partial charge on any atom is 0.223 e. The SMILES string of the molecule is CC(C)C(CNc1nccc(C#N)n1)N1CCN(C)CC1. The number of nitrogens with one attached hydrogen (secondary N) is 1. The normalized spacial score (nSPS) is 18.4. The summed E-state index contributed by atoms with van der Waals surface area (Å²) >= 11 is 0. The molecule has 0 saturated carbocycles. The van der Waals surface area contributed by atoms with E-state index in [2.05, 4.69) is 46.0 Å². The van der Waals surface area contributed by atoms with Crippen molar-refractivity contribution in [1.82, 2.24) is 19.8 Å². The lowest BCUT2D eigenvalue weighted by Gasteiger charge is -2.39. The molecule has 1 aromatic rings. The van der Waals surface area contributed by atoms with Crippen molar-refractivity contribution in [2.45, 2.75) is 19.9 Å². The fourth-order valence-electron chi connectivity index (χ4n) is 2.64. The van der Waals surface area contributed by atoms with E-state index in [0.29, 0.717) is 23.6 Å². The second-order valence-corrected chi connectivity index (χ2v) is 5.91. The van der Waals surface area contributed by atoms with Gasteiger partial charge in [0.05, 0.1) is 0 Å². The maximum absolute atomic E-state index is 8.88. The van der Waals surface area contributed by atoms with Crippen molar-refractivity contribution in [2.24, 2.45) is 5.92 Å². The molecule has 0 aliphatic carbocycles. The molecular weight excluding hydrogens is 264 g/mol. The molecule has 1 fully saturated rings. The number of piperazine rings is 1. The summed E-state index contributed by atoms with van der Waals surface area (Å²) in [6.45, 7) is 9.72. The molecule has 0 aromatic carbocycles. The minimum atomic E-state index is 0.396. The Labute approximate surface area is 126 Å². The lowest BCUT2D eigenvalue weighted by molar-refractivity contribution is 0.0943. The first-order valence-corrected chi connectivity index (χ1v) is 7.49. The molecule has 1 aromatic heterocycles. The summed E-state index contributed by atoms with van der Waals surface area (Å²) in [5, 5.41) is 12.2. The Morgan fingerprint density at radius 3 is 2.67 bits per heavy atom. The summed E-state index contributed by atoms with van der Waals surface area (Å²) < 4.78 is 0. The number of likely N-dealkylation sites (N-methyl/N-ethyl adjacent to an activating group) is 1. The predicted molar refractivity (Wildman–Crippen MR) is 82.9 cm³/mol. The largest absolute Gasteiger partial charge is 0.353 e. The molecule has 6 heteroatoms. The lowest BCUT2D eigenvalue weighted by Crippen LogP contribution is -2.52. The number of hydrogen-bond acceptors (Lipinski definition) is 6. The number of anilines is 1. The molecule has 1 unspecified atom stereocenters. The van der Waals surface area contributed by atoms with Crippen molar-refractivity contribution in [3.8, 4) is 6.07 Å². The highest BCUT2D eigenvalue weighted by Gasteiger charge is 2.24. The van der Waals surface area contributed by atoms with Gasteiger partial charge in [-0.15, -0.1) is 0 Å². The highest BCUT2D eigenvalue weighted by molar-refractivity contribution is 5.30. The molecule has 1 aliphatic heterocycles. The minimum absolute atomic E-state index is 0.396. The minimum Gasteiger partial charge on any atom is -0.353 e. The van der Waals surface area contributed by atoms with Crippen LogP contribution in [0.1, 0.15) is 19.5 Å². The molecule has 2 heterocycles. The monoisotopic (exact) mass is 288 g/mol. The van der Waals surface area contributed by atoms with Crippen LogP contribution in [-0.2, 0) is 0 Å². The summed E-state index contributed by atoms with van der Waals surface area (Å²) in [5.41, 5.74) is 0.396. The van der Waals surface area contributed by atoms with Crippen molar-refractivity contribution < 1.29 is 0 Å². The highest BCUT2D eigenvalue weighted by atomic mass is 15.3. The highest BCUT2D eigenvalue weighted by Crippen LogP contribution is 2.14. The number of rotatable bonds is 5. The van der Waals surface area contributed by atoms with Crippen molar-refractivity contribution in [3.63, 3.8) is 0 Å². The number of hydrogen-bond donors (Lipinski definition) is 1. The first kappa shape index (κ1) is 15.7. The second-order valence-electron chi connectivity index (χ2n) is 5.91. The van der Waals surface area contributed by atoms with E-state index >= 15 is 0 Å².